The first-order valence-electron chi connectivity index (χ1n) is 17.7. The van der Waals surface area contributed by atoms with Crippen LogP contribution in [0.4, 0.5) is 0 Å². The average Bonchev–Trinajstić information content (AvgIpc) is 3.41. The molecular formula is C38H59N3O3. The van der Waals surface area contributed by atoms with Crippen molar-refractivity contribution in [2.75, 3.05) is 13.2 Å². The third-order valence-corrected chi connectivity index (χ3v) is 8.99. The molecule has 3 N–H and O–H groups in total. The largest absolute Gasteiger partial charge is 0.484 e. The summed E-state index contributed by atoms with van der Waals surface area (Å²) in [7, 11) is 0. The van der Waals surface area contributed by atoms with Gasteiger partial charge >= 0.3 is 0 Å². The minimum absolute atomic E-state index is 0.0347. The molecule has 0 fully saturated rings. The standard InChI is InChI=1S/C38H59N3O3/c1-4-6-7-8-9-10-11-12-13-14-15-16-17-18-19-22-27-39-38(43)37(30(3)5-2)41-36(42)29-44-31-25-26-33-32-23-20-21-24-34(32)40-35(33)28-31/h20-21,23-26,28,30,37,40H,4-19,22,27,29H2,1-3H3,(H,39,43)(H,41,42). The van der Waals surface area contributed by atoms with Crippen LogP contribution in [0.3, 0.4) is 0 Å². The molecule has 0 spiro atoms. The Labute approximate surface area is 266 Å². The lowest BCUT2D eigenvalue weighted by Crippen LogP contribution is -2.51. The fourth-order valence-electron chi connectivity index (χ4n) is 5.98. The van der Waals surface area contributed by atoms with Crippen LogP contribution >= 0.6 is 0 Å². The van der Waals surface area contributed by atoms with Gasteiger partial charge in [0.2, 0.25) is 5.91 Å². The van der Waals surface area contributed by atoms with Crippen LogP contribution in [0.2, 0.25) is 0 Å². The van der Waals surface area contributed by atoms with Gasteiger partial charge in [-0.1, -0.05) is 142 Å². The van der Waals surface area contributed by atoms with Gasteiger partial charge in [-0.25, -0.2) is 0 Å². The first-order chi connectivity index (χ1) is 21.5. The molecule has 2 atom stereocenters. The summed E-state index contributed by atoms with van der Waals surface area (Å²) in [6, 6.07) is 13.4. The van der Waals surface area contributed by atoms with Gasteiger partial charge in [-0.2, -0.15) is 0 Å². The first-order valence-corrected chi connectivity index (χ1v) is 17.7. The van der Waals surface area contributed by atoms with Crippen LogP contribution < -0.4 is 15.4 Å². The van der Waals surface area contributed by atoms with E-state index < -0.39 is 6.04 Å². The number of carbonyl (C=O) groups excluding carboxylic acids is 2. The third kappa shape index (κ3) is 12.5. The Bertz CT molecular complexity index is 1240. The highest BCUT2D eigenvalue weighted by Crippen LogP contribution is 2.28. The van der Waals surface area contributed by atoms with Crippen LogP contribution in [0.15, 0.2) is 42.5 Å². The quantitative estimate of drug-likeness (QED) is 0.0889. The van der Waals surface area contributed by atoms with Crippen LogP contribution in [0, 0.1) is 5.92 Å². The topological polar surface area (TPSA) is 83.2 Å². The molecular weight excluding hydrogens is 546 g/mol. The van der Waals surface area contributed by atoms with E-state index in [1.807, 2.05) is 50.2 Å². The van der Waals surface area contributed by atoms with Gasteiger partial charge in [-0.3, -0.25) is 9.59 Å². The van der Waals surface area contributed by atoms with Crippen molar-refractivity contribution in [2.45, 2.75) is 136 Å². The zero-order chi connectivity index (χ0) is 31.4. The Balaban J connectivity index is 1.24. The van der Waals surface area contributed by atoms with E-state index >= 15 is 0 Å². The predicted octanol–water partition coefficient (Wildman–Crippen LogP) is 9.61. The molecule has 0 aliphatic carbocycles. The average molecular weight is 606 g/mol. The third-order valence-electron chi connectivity index (χ3n) is 8.99. The number of hydrogen-bond donors (Lipinski definition) is 3. The number of nitrogens with one attached hydrogen (secondary N) is 3. The van der Waals surface area contributed by atoms with Crippen LogP contribution in [0.25, 0.3) is 21.8 Å². The number of amides is 2. The van der Waals surface area contributed by atoms with E-state index in [0.29, 0.717) is 12.3 Å². The van der Waals surface area contributed by atoms with Gasteiger partial charge in [0, 0.05) is 28.9 Å². The molecule has 1 heterocycles. The summed E-state index contributed by atoms with van der Waals surface area (Å²) < 4.78 is 5.80. The number of unbranched alkanes of at least 4 members (excludes halogenated alkanes) is 15. The van der Waals surface area contributed by atoms with Crippen LogP contribution in [0.5, 0.6) is 5.75 Å². The van der Waals surface area contributed by atoms with Crippen molar-refractivity contribution in [1.29, 1.82) is 0 Å². The SMILES string of the molecule is CCCCCCCCCCCCCCCCCCNC(=O)C(NC(=O)COc1ccc2c(c1)[nH]c1ccccc12)C(C)CC. The molecule has 0 aliphatic heterocycles. The van der Waals surface area contributed by atoms with Crippen molar-refractivity contribution in [3.8, 4) is 5.75 Å². The van der Waals surface area contributed by atoms with Gasteiger partial charge in [-0.05, 0) is 30.5 Å². The lowest BCUT2D eigenvalue weighted by Gasteiger charge is -2.23. The van der Waals surface area contributed by atoms with E-state index in [-0.39, 0.29) is 24.3 Å². The molecule has 0 saturated heterocycles. The van der Waals surface area contributed by atoms with Gasteiger partial charge in [0.15, 0.2) is 6.61 Å². The second-order valence-electron chi connectivity index (χ2n) is 12.7. The molecule has 2 aromatic carbocycles. The van der Waals surface area contributed by atoms with Crippen molar-refractivity contribution >= 4 is 33.6 Å². The maximum absolute atomic E-state index is 13.0. The monoisotopic (exact) mass is 605 g/mol. The van der Waals surface area contributed by atoms with E-state index in [0.717, 1.165) is 41.1 Å². The number of rotatable bonds is 24. The summed E-state index contributed by atoms with van der Waals surface area (Å²) >= 11 is 0. The normalized spacial score (nSPS) is 12.8. The number of fused-ring (bicyclic) bond motifs is 3. The highest BCUT2D eigenvalue weighted by atomic mass is 16.5. The first kappa shape index (κ1) is 35.5. The molecule has 6 nitrogen and oxygen atoms in total. The Morgan fingerprint density at radius 3 is 1.91 bits per heavy atom. The van der Waals surface area contributed by atoms with Crippen molar-refractivity contribution < 1.29 is 14.3 Å². The Kier molecular flexibility index (Phi) is 16.8. The van der Waals surface area contributed by atoms with Gasteiger partial charge in [-0.15, -0.1) is 0 Å². The second kappa shape index (κ2) is 20.8. The molecule has 0 aliphatic rings. The molecule has 3 rings (SSSR count). The summed E-state index contributed by atoms with van der Waals surface area (Å²) in [6.45, 7) is 6.84. The number of hydrogen-bond acceptors (Lipinski definition) is 3. The number of H-pyrrole nitrogens is 1. The summed E-state index contributed by atoms with van der Waals surface area (Å²) in [5, 5.41) is 8.26. The molecule has 2 amide bonds. The van der Waals surface area contributed by atoms with Crippen LogP contribution in [0.1, 0.15) is 130 Å². The van der Waals surface area contributed by atoms with Crippen molar-refractivity contribution in [3.63, 3.8) is 0 Å². The van der Waals surface area contributed by atoms with Crippen LogP contribution in [-0.4, -0.2) is 36.0 Å². The van der Waals surface area contributed by atoms with E-state index in [1.54, 1.807) is 0 Å². The molecule has 44 heavy (non-hydrogen) atoms. The summed E-state index contributed by atoms with van der Waals surface area (Å²) in [5.41, 5.74) is 2.04. The zero-order valence-corrected chi connectivity index (χ0v) is 27.9. The Morgan fingerprint density at radius 1 is 0.727 bits per heavy atom. The maximum Gasteiger partial charge on any atom is 0.258 e. The zero-order valence-electron chi connectivity index (χ0n) is 27.9. The van der Waals surface area contributed by atoms with Gasteiger partial charge in [0.25, 0.3) is 5.91 Å². The van der Waals surface area contributed by atoms with Crippen molar-refractivity contribution in [3.05, 3.63) is 42.5 Å². The number of carbonyl (C=O) groups is 2. The second-order valence-corrected chi connectivity index (χ2v) is 12.7. The highest BCUT2D eigenvalue weighted by Gasteiger charge is 2.25. The number of ether oxygens (including phenoxy) is 1. The Hall–Kier alpha value is -3.02. The summed E-state index contributed by atoms with van der Waals surface area (Å²) in [5.74, 6) is 0.262. The fourth-order valence-corrected chi connectivity index (χ4v) is 5.98. The molecule has 2 unspecified atom stereocenters. The van der Waals surface area contributed by atoms with Gasteiger partial charge < -0.3 is 20.4 Å². The lowest BCUT2D eigenvalue weighted by atomic mass is 9.98. The molecule has 0 saturated carbocycles. The van der Waals surface area contributed by atoms with Gasteiger partial charge in [0.05, 0.1) is 5.52 Å². The highest BCUT2D eigenvalue weighted by molar-refractivity contribution is 6.07. The fraction of sp³-hybridized carbons (Fsp3) is 0.632. The molecule has 244 valence electrons. The van der Waals surface area contributed by atoms with Crippen molar-refractivity contribution in [1.82, 2.24) is 15.6 Å². The smallest absolute Gasteiger partial charge is 0.258 e. The maximum atomic E-state index is 13.0. The molecule has 0 radical (unpaired) electrons. The minimum atomic E-state index is -0.562. The molecule has 6 heteroatoms. The molecule has 1 aromatic heterocycles. The van der Waals surface area contributed by atoms with Crippen LogP contribution in [-0.2, 0) is 9.59 Å². The minimum Gasteiger partial charge on any atom is -0.484 e. The molecule has 0 bridgehead atoms. The van der Waals surface area contributed by atoms with E-state index in [2.05, 4.69) is 28.6 Å². The van der Waals surface area contributed by atoms with Crippen molar-refractivity contribution in [2.24, 2.45) is 5.92 Å². The number of aromatic nitrogens is 1. The number of aromatic amines is 1. The summed E-state index contributed by atoms with van der Waals surface area (Å²) in [6.07, 6.45) is 22.1. The number of para-hydroxylation sites is 1. The van der Waals surface area contributed by atoms with E-state index in [9.17, 15) is 9.59 Å². The summed E-state index contributed by atoms with van der Waals surface area (Å²) in [4.78, 5) is 29.1. The molecule has 3 aromatic rings. The number of benzene rings is 2. The lowest BCUT2D eigenvalue weighted by molar-refractivity contribution is -0.131. The predicted molar refractivity (Wildman–Crippen MR) is 185 cm³/mol. The Morgan fingerprint density at radius 2 is 1.30 bits per heavy atom. The van der Waals surface area contributed by atoms with Gasteiger partial charge in [0.1, 0.15) is 11.8 Å². The van der Waals surface area contributed by atoms with E-state index in [4.69, 9.17) is 4.74 Å². The van der Waals surface area contributed by atoms with E-state index in [1.165, 1.54) is 89.9 Å².